The van der Waals surface area contributed by atoms with Gasteiger partial charge in [0.1, 0.15) is 0 Å². The molecule has 39 heavy (non-hydrogen) atoms. The van der Waals surface area contributed by atoms with E-state index in [2.05, 4.69) is 31.0 Å². The molecule has 2 N–H and O–H groups in total. The van der Waals surface area contributed by atoms with E-state index in [0.29, 0.717) is 22.6 Å². The maximum absolute atomic E-state index is 12.2. The largest absolute Gasteiger partial charge is 0.392 e. The molecule has 0 radical (unpaired) electrons. The first-order chi connectivity index (χ1) is 18.3. The van der Waals surface area contributed by atoms with Crippen molar-refractivity contribution in [3.05, 3.63) is 65.2 Å². The van der Waals surface area contributed by atoms with Gasteiger partial charge in [-0.25, -0.2) is 0 Å². The summed E-state index contributed by atoms with van der Waals surface area (Å²) in [6.45, 7) is 9.13. The highest BCUT2D eigenvalue weighted by atomic mass is 35.6. The Morgan fingerprint density at radius 2 is 1.82 bits per heavy atom. The van der Waals surface area contributed by atoms with Crippen LogP contribution in [0.2, 0.25) is 0 Å². The summed E-state index contributed by atoms with van der Waals surface area (Å²) >= 11 is 17.2. The van der Waals surface area contributed by atoms with Crippen molar-refractivity contribution in [2.24, 2.45) is 10.8 Å². The number of aliphatic hydroxyl groups excluding tert-OH is 1. The number of rotatable bonds is 6. The van der Waals surface area contributed by atoms with Crippen LogP contribution < -0.4 is 5.32 Å². The summed E-state index contributed by atoms with van der Waals surface area (Å²) in [5, 5.41) is 12.1. The maximum atomic E-state index is 12.2. The number of halogens is 3. The summed E-state index contributed by atoms with van der Waals surface area (Å²) in [6.07, 6.45) is 3.54. The molecule has 1 aliphatic carbocycles. The number of carbonyl (C=O) groups excluding carboxylic acids is 1. The number of nitrogens with one attached hydrogen (secondary N) is 1. The summed E-state index contributed by atoms with van der Waals surface area (Å²) in [5.41, 5.74) is 3.85. The number of alkyl halides is 3. The van der Waals surface area contributed by atoms with Crippen LogP contribution in [0.1, 0.15) is 75.5 Å². The molecule has 2 aliphatic heterocycles. The third kappa shape index (κ3) is 6.92. The number of amides is 1. The minimum absolute atomic E-state index is 0.00165. The van der Waals surface area contributed by atoms with E-state index >= 15 is 0 Å². The Balaban J connectivity index is 1.38. The predicted molar refractivity (Wildman–Crippen MR) is 155 cm³/mol. The SMILES string of the molecule is CC1(C)CC2CC(C)(CN2C[C@@H]2C[C@H](c3ccc(CO)cc3)O[C@H](c3cccc(NC(=O)C(Cl)(Cl)Cl)c3)O2)C1. The standard InChI is InChI=1S/C30H37Cl3N2O4/c1-28(2)13-23-14-29(3,17-28)18-35(23)15-24-12-25(20-9-7-19(16-36)8-10-20)39-26(38-24)21-5-4-6-22(11-21)34-27(37)30(31,32)33/h4-11,23-26,36H,12-18H2,1-3H3,(H,34,37)/t23?,24-,25+,26+,29?/m0/s1. The molecule has 5 atom stereocenters. The Bertz CT molecular complexity index is 1190. The molecule has 0 aromatic heterocycles. The van der Waals surface area contributed by atoms with Crippen molar-refractivity contribution in [1.82, 2.24) is 4.90 Å². The van der Waals surface area contributed by atoms with E-state index in [4.69, 9.17) is 44.3 Å². The van der Waals surface area contributed by atoms with Crippen molar-refractivity contribution < 1.29 is 19.4 Å². The molecule has 1 amide bonds. The first-order valence-corrected chi connectivity index (χ1v) is 14.7. The summed E-state index contributed by atoms with van der Waals surface area (Å²) in [5.74, 6) is -0.730. The molecule has 2 aromatic rings. The second-order valence-electron chi connectivity index (χ2n) is 12.6. The van der Waals surface area contributed by atoms with Gasteiger partial charge >= 0.3 is 0 Å². The fourth-order valence-electron chi connectivity index (χ4n) is 7.05. The van der Waals surface area contributed by atoms with Crippen molar-refractivity contribution >= 4 is 46.4 Å². The number of ether oxygens (including phenoxy) is 2. The zero-order valence-corrected chi connectivity index (χ0v) is 24.9. The topological polar surface area (TPSA) is 71.0 Å². The number of aliphatic hydroxyl groups is 1. The summed E-state index contributed by atoms with van der Waals surface area (Å²) in [4.78, 5) is 14.9. The van der Waals surface area contributed by atoms with Crippen LogP contribution in [0.5, 0.6) is 0 Å². The number of fused-ring (bicyclic) bond motifs is 2. The lowest BCUT2D eigenvalue weighted by Gasteiger charge is -2.41. The van der Waals surface area contributed by atoms with E-state index in [-0.39, 0.29) is 18.8 Å². The Morgan fingerprint density at radius 3 is 2.51 bits per heavy atom. The van der Waals surface area contributed by atoms with E-state index in [1.54, 1.807) is 12.1 Å². The zero-order chi connectivity index (χ0) is 28.0. The Kier molecular flexibility index (Phi) is 8.31. The number of hydrogen-bond acceptors (Lipinski definition) is 5. The van der Waals surface area contributed by atoms with Crippen molar-refractivity contribution in [3.63, 3.8) is 0 Å². The van der Waals surface area contributed by atoms with E-state index in [1.807, 2.05) is 36.4 Å². The van der Waals surface area contributed by atoms with Gasteiger partial charge in [-0.1, -0.05) is 92.0 Å². The molecule has 6 nitrogen and oxygen atoms in total. The fourth-order valence-corrected chi connectivity index (χ4v) is 7.19. The third-order valence-corrected chi connectivity index (χ3v) is 8.77. The van der Waals surface area contributed by atoms with Gasteiger partial charge in [-0.3, -0.25) is 9.69 Å². The minimum Gasteiger partial charge on any atom is -0.392 e. The number of carbonyl (C=O) groups is 1. The van der Waals surface area contributed by atoms with E-state index in [1.165, 1.54) is 19.3 Å². The Hall–Kier alpha value is -1.38. The van der Waals surface area contributed by atoms with Crippen molar-refractivity contribution in [2.45, 2.75) is 81.4 Å². The van der Waals surface area contributed by atoms with Crippen LogP contribution in [0, 0.1) is 10.8 Å². The van der Waals surface area contributed by atoms with E-state index < -0.39 is 16.0 Å². The number of hydrogen-bond donors (Lipinski definition) is 2. The van der Waals surface area contributed by atoms with Gasteiger partial charge in [0.15, 0.2) is 6.29 Å². The van der Waals surface area contributed by atoms with E-state index in [9.17, 15) is 9.90 Å². The first-order valence-electron chi connectivity index (χ1n) is 13.6. The molecule has 3 fully saturated rings. The van der Waals surface area contributed by atoms with Gasteiger partial charge in [0.05, 0.1) is 18.8 Å². The van der Waals surface area contributed by atoms with Crippen LogP contribution in [-0.4, -0.2) is 44.9 Å². The molecule has 5 rings (SSSR count). The predicted octanol–water partition coefficient (Wildman–Crippen LogP) is 6.93. The third-order valence-electron chi connectivity index (χ3n) is 8.25. The van der Waals surface area contributed by atoms with Gasteiger partial charge in [-0.15, -0.1) is 0 Å². The summed E-state index contributed by atoms with van der Waals surface area (Å²) < 4.78 is 11.0. The fraction of sp³-hybridized carbons (Fsp3) is 0.567. The first kappa shape index (κ1) is 29.1. The van der Waals surface area contributed by atoms with Crippen molar-refractivity contribution in [3.8, 4) is 0 Å². The highest BCUT2D eigenvalue weighted by Gasteiger charge is 2.50. The molecule has 212 valence electrons. The molecule has 2 heterocycles. The molecule has 2 aromatic carbocycles. The Labute approximate surface area is 245 Å². The molecule has 3 aliphatic rings. The van der Waals surface area contributed by atoms with Crippen LogP contribution in [0.3, 0.4) is 0 Å². The normalized spacial score (nSPS) is 30.7. The van der Waals surface area contributed by atoms with Gasteiger partial charge in [0, 0.05) is 36.8 Å². The van der Waals surface area contributed by atoms with Gasteiger partial charge in [0.2, 0.25) is 0 Å². The maximum Gasteiger partial charge on any atom is 0.276 e. The quantitative estimate of drug-likeness (QED) is 0.354. The average Bonchev–Trinajstić information content (AvgIpc) is 3.10. The van der Waals surface area contributed by atoms with Crippen molar-refractivity contribution in [2.75, 3.05) is 18.4 Å². The van der Waals surface area contributed by atoms with Crippen molar-refractivity contribution in [1.29, 1.82) is 0 Å². The zero-order valence-electron chi connectivity index (χ0n) is 22.6. The van der Waals surface area contributed by atoms with Crippen LogP contribution in [-0.2, 0) is 20.9 Å². The van der Waals surface area contributed by atoms with Gasteiger partial charge < -0.3 is 19.9 Å². The number of benzene rings is 2. The summed E-state index contributed by atoms with van der Waals surface area (Å²) in [6, 6.07) is 15.7. The van der Waals surface area contributed by atoms with Crippen LogP contribution in [0.15, 0.2) is 48.5 Å². The molecule has 1 saturated carbocycles. The molecule has 2 unspecified atom stereocenters. The van der Waals surface area contributed by atoms with Gasteiger partial charge in [-0.05, 0) is 53.4 Å². The summed E-state index contributed by atoms with van der Waals surface area (Å²) in [7, 11) is 0. The smallest absolute Gasteiger partial charge is 0.276 e. The monoisotopic (exact) mass is 594 g/mol. The highest BCUT2D eigenvalue weighted by Crippen LogP contribution is 2.53. The lowest BCUT2D eigenvalue weighted by Crippen LogP contribution is -2.42. The number of nitrogens with zero attached hydrogens (tertiary/aromatic N) is 1. The number of likely N-dealkylation sites (tertiary alicyclic amines) is 1. The Morgan fingerprint density at radius 1 is 1.08 bits per heavy atom. The second kappa shape index (κ2) is 11.1. The molecule has 2 bridgehead atoms. The van der Waals surface area contributed by atoms with Crippen LogP contribution in [0.25, 0.3) is 0 Å². The molecular weight excluding hydrogens is 559 g/mol. The molecular formula is C30H37Cl3N2O4. The second-order valence-corrected chi connectivity index (χ2v) is 14.9. The number of anilines is 1. The minimum atomic E-state index is -2.07. The average molecular weight is 596 g/mol. The van der Waals surface area contributed by atoms with Gasteiger partial charge in [-0.2, -0.15) is 0 Å². The lowest BCUT2D eigenvalue weighted by atomic mass is 9.65. The molecule has 0 spiro atoms. The lowest BCUT2D eigenvalue weighted by molar-refractivity contribution is -0.253. The molecule has 9 heteroatoms. The molecule has 2 saturated heterocycles. The highest BCUT2D eigenvalue weighted by molar-refractivity contribution is 6.76. The van der Waals surface area contributed by atoms with Crippen LogP contribution >= 0.6 is 34.8 Å². The van der Waals surface area contributed by atoms with E-state index in [0.717, 1.165) is 36.2 Å². The van der Waals surface area contributed by atoms with Crippen LogP contribution in [0.4, 0.5) is 5.69 Å². The van der Waals surface area contributed by atoms with Gasteiger partial charge in [0.25, 0.3) is 9.70 Å².